The van der Waals surface area contributed by atoms with Gasteiger partial charge in [-0.1, -0.05) is 19.3 Å². The highest BCUT2D eigenvalue weighted by Crippen LogP contribution is 2.37. The van der Waals surface area contributed by atoms with E-state index in [0.717, 1.165) is 11.0 Å². The first-order valence-electron chi connectivity index (χ1n) is 10.2. The molecular weight excluding hydrogens is 457 g/mol. The third kappa shape index (κ3) is 6.20. The molecule has 2 fully saturated rings. The molecule has 2 aliphatic rings. The maximum atomic E-state index is 12.9. The minimum atomic E-state index is -0.0408. The summed E-state index contributed by atoms with van der Waals surface area (Å²) in [6, 6.07) is 2.12. The molecule has 1 aliphatic carbocycles. The molecule has 1 aliphatic heterocycles. The predicted octanol–water partition coefficient (Wildman–Crippen LogP) is 1.98. The molecule has 0 radical (unpaired) electrons. The van der Waals surface area contributed by atoms with Crippen molar-refractivity contribution in [2.24, 2.45) is 5.92 Å². The second-order valence-electron chi connectivity index (χ2n) is 8.30. The van der Waals surface area contributed by atoms with Gasteiger partial charge in [-0.2, -0.15) is 11.3 Å². The molecule has 1 aromatic heterocycles. The molecule has 5 heteroatoms. The van der Waals surface area contributed by atoms with Crippen molar-refractivity contribution >= 4 is 17.3 Å². The summed E-state index contributed by atoms with van der Waals surface area (Å²) >= 11 is 1.69. The highest BCUT2D eigenvalue weighted by atomic mass is 127. The predicted molar refractivity (Wildman–Crippen MR) is 104 cm³/mol. The summed E-state index contributed by atoms with van der Waals surface area (Å²) < 4.78 is 6.91. The van der Waals surface area contributed by atoms with Crippen molar-refractivity contribution in [1.29, 1.82) is 0 Å². The molecule has 0 spiro atoms. The van der Waals surface area contributed by atoms with Crippen LogP contribution in [-0.2, 0) is 9.53 Å². The molecule has 1 aromatic rings. The Balaban J connectivity index is 0.00000243. The third-order valence-corrected chi connectivity index (χ3v) is 7.00. The molecule has 0 bridgehead atoms. The quantitative estimate of drug-likeness (QED) is 0.346. The summed E-state index contributed by atoms with van der Waals surface area (Å²) in [4.78, 5) is 12.9. The molecular formula is C21H34INO2S. The molecule has 1 saturated carbocycles. The van der Waals surface area contributed by atoms with Crippen LogP contribution in [0.1, 0.15) is 69.3 Å². The van der Waals surface area contributed by atoms with Crippen LogP contribution in [0.15, 0.2) is 16.8 Å². The van der Waals surface area contributed by atoms with Gasteiger partial charge in [0.25, 0.3) is 0 Å². The molecule has 1 unspecified atom stereocenters. The summed E-state index contributed by atoms with van der Waals surface area (Å²) in [6.07, 6.45) is 11.5. The largest absolute Gasteiger partial charge is 1.00 e. The topological polar surface area (TPSA) is 26.3 Å². The van der Waals surface area contributed by atoms with Gasteiger partial charge in [-0.05, 0) is 66.8 Å². The Kier molecular flexibility index (Phi) is 9.38. The molecule has 1 atom stereocenters. The Morgan fingerprint density at radius 2 is 1.81 bits per heavy atom. The molecule has 0 aromatic carbocycles. The van der Waals surface area contributed by atoms with Crippen LogP contribution >= 0.6 is 11.3 Å². The minimum absolute atomic E-state index is 0. The maximum absolute atomic E-state index is 12.9. The molecule has 1 saturated heterocycles. The number of thiophene rings is 1. The monoisotopic (exact) mass is 491 g/mol. The number of carbonyl (C=O) groups excluding carboxylic acids is 1. The maximum Gasteiger partial charge on any atom is 0.313 e. The lowest BCUT2D eigenvalue weighted by atomic mass is 9.77. The number of likely N-dealkylation sites (N-methyl/N-ethyl adjacent to an activating group) is 1. The van der Waals surface area contributed by atoms with Gasteiger partial charge in [-0.3, -0.25) is 4.79 Å². The number of rotatable bonds is 6. The number of esters is 1. The van der Waals surface area contributed by atoms with Crippen molar-refractivity contribution in [2.45, 2.75) is 63.7 Å². The van der Waals surface area contributed by atoms with Gasteiger partial charge in [0.1, 0.15) is 13.2 Å². The zero-order valence-corrected chi connectivity index (χ0v) is 19.1. The van der Waals surface area contributed by atoms with E-state index in [1.54, 1.807) is 11.3 Å². The zero-order valence-electron chi connectivity index (χ0n) is 16.1. The highest BCUT2D eigenvalue weighted by Gasteiger charge is 2.33. The molecule has 0 amide bonds. The number of hydrogen-bond acceptors (Lipinski definition) is 3. The highest BCUT2D eigenvalue weighted by molar-refractivity contribution is 7.08. The Bertz CT molecular complexity index is 520. The Hall–Kier alpha value is -0.140. The van der Waals surface area contributed by atoms with Gasteiger partial charge >= 0.3 is 5.97 Å². The number of carbonyl (C=O) groups is 1. The van der Waals surface area contributed by atoms with Gasteiger partial charge in [-0.15, -0.1) is 0 Å². The van der Waals surface area contributed by atoms with E-state index in [2.05, 4.69) is 23.9 Å². The summed E-state index contributed by atoms with van der Waals surface area (Å²) in [7, 11) is 2.33. The van der Waals surface area contributed by atoms with Crippen LogP contribution < -0.4 is 24.0 Å². The lowest BCUT2D eigenvalue weighted by Gasteiger charge is -2.33. The average Bonchev–Trinajstić information content (AvgIpc) is 3.04. The van der Waals surface area contributed by atoms with Crippen LogP contribution in [-0.4, -0.2) is 43.7 Å². The zero-order chi connectivity index (χ0) is 17.5. The van der Waals surface area contributed by atoms with Crippen LogP contribution in [0.3, 0.4) is 0 Å². The fourth-order valence-electron chi connectivity index (χ4n) is 4.65. The molecule has 0 N–H and O–H groups in total. The Morgan fingerprint density at radius 3 is 2.42 bits per heavy atom. The van der Waals surface area contributed by atoms with Crippen LogP contribution in [0, 0.1) is 5.92 Å². The van der Waals surface area contributed by atoms with Crippen molar-refractivity contribution in [2.75, 3.05) is 33.3 Å². The lowest BCUT2D eigenvalue weighted by Crippen LogP contribution is -3.00. The number of halogens is 1. The van der Waals surface area contributed by atoms with Crippen molar-refractivity contribution in [1.82, 2.24) is 0 Å². The number of quaternary nitrogens is 1. The number of ether oxygens (including phenoxy) is 1. The fraction of sp³-hybridized carbons (Fsp3) is 0.762. The van der Waals surface area contributed by atoms with E-state index in [9.17, 15) is 4.79 Å². The second-order valence-corrected chi connectivity index (χ2v) is 9.08. The van der Waals surface area contributed by atoms with Crippen LogP contribution in [0.25, 0.3) is 0 Å². The lowest BCUT2D eigenvalue weighted by molar-refractivity contribution is -0.908. The van der Waals surface area contributed by atoms with Gasteiger partial charge < -0.3 is 33.2 Å². The molecule has 26 heavy (non-hydrogen) atoms. The molecule has 3 rings (SSSR count). The van der Waals surface area contributed by atoms with Gasteiger partial charge in [0.05, 0.1) is 26.1 Å². The third-order valence-electron chi connectivity index (χ3n) is 6.30. The van der Waals surface area contributed by atoms with Crippen LogP contribution in [0.4, 0.5) is 0 Å². The molecule has 3 nitrogen and oxygen atoms in total. The standard InChI is InChI=1S/C21H34NO2S.HI/c1-22(12-7-2-3-8-13-22)14-15-24-21(23)20(19-11-16-25-17-19)18-9-5-4-6-10-18;/h11,16-18,20H,2-10,12-15H2,1H3;1H/q+1;/p-1. The minimum Gasteiger partial charge on any atom is -1.00 e. The van der Waals surface area contributed by atoms with Crippen LogP contribution in [0.5, 0.6) is 0 Å². The van der Waals surface area contributed by atoms with Crippen molar-refractivity contribution < 1.29 is 38.0 Å². The first kappa shape index (κ1) is 22.2. The first-order valence-corrected chi connectivity index (χ1v) is 11.1. The SMILES string of the molecule is C[N+]1(CCOC(=O)C(c2ccsc2)C2CCCCC2)CCCCCC1.[I-]. The van der Waals surface area contributed by atoms with E-state index in [4.69, 9.17) is 4.74 Å². The van der Waals surface area contributed by atoms with Gasteiger partial charge in [0.2, 0.25) is 0 Å². The molecule has 2 heterocycles. The normalized spacial score (nSPS) is 22.0. The smallest absolute Gasteiger partial charge is 0.313 e. The number of hydrogen-bond donors (Lipinski definition) is 0. The van der Waals surface area contributed by atoms with E-state index in [1.807, 2.05) is 0 Å². The van der Waals surface area contributed by atoms with E-state index in [1.165, 1.54) is 76.4 Å². The van der Waals surface area contributed by atoms with E-state index in [-0.39, 0.29) is 35.9 Å². The first-order chi connectivity index (χ1) is 12.2. The summed E-state index contributed by atoms with van der Waals surface area (Å²) in [5.41, 5.74) is 1.18. The van der Waals surface area contributed by atoms with E-state index < -0.39 is 0 Å². The van der Waals surface area contributed by atoms with Crippen molar-refractivity contribution in [3.05, 3.63) is 22.4 Å². The Labute approximate surface area is 180 Å². The van der Waals surface area contributed by atoms with E-state index >= 15 is 0 Å². The van der Waals surface area contributed by atoms with E-state index in [0.29, 0.717) is 12.5 Å². The fourth-order valence-corrected chi connectivity index (χ4v) is 5.35. The average molecular weight is 491 g/mol. The summed E-state index contributed by atoms with van der Waals surface area (Å²) in [5, 5.41) is 4.23. The second kappa shape index (κ2) is 11.0. The van der Waals surface area contributed by atoms with Gasteiger partial charge in [0.15, 0.2) is 0 Å². The van der Waals surface area contributed by atoms with Gasteiger partial charge in [0, 0.05) is 0 Å². The summed E-state index contributed by atoms with van der Waals surface area (Å²) in [5.74, 6) is 0.450. The summed E-state index contributed by atoms with van der Waals surface area (Å²) in [6.45, 7) is 4.00. The van der Waals surface area contributed by atoms with Crippen LogP contribution in [0.2, 0.25) is 0 Å². The molecule has 148 valence electrons. The van der Waals surface area contributed by atoms with Crippen molar-refractivity contribution in [3.63, 3.8) is 0 Å². The number of nitrogens with zero attached hydrogens (tertiary/aromatic N) is 1. The van der Waals surface area contributed by atoms with Crippen molar-refractivity contribution in [3.8, 4) is 0 Å². The van der Waals surface area contributed by atoms with Gasteiger partial charge in [-0.25, -0.2) is 0 Å². The Morgan fingerprint density at radius 1 is 1.15 bits per heavy atom. The number of likely N-dealkylation sites (tertiary alicyclic amines) is 1.